The van der Waals surface area contributed by atoms with Crippen LogP contribution in [0.1, 0.15) is 53.2 Å². The van der Waals surface area contributed by atoms with Crippen molar-refractivity contribution in [3.63, 3.8) is 0 Å². The largest absolute Gasteiger partial charge is 0.489 e. The van der Waals surface area contributed by atoms with E-state index in [0.717, 1.165) is 36.0 Å². The molecule has 156 valence electrons. The van der Waals surface area contributed by atoms with Crippen LogP contribution >= 0.6 is 0 Å². The minimum absolute atomic E-state index is 0.231. The molecule has 3 aromatic carbocycles. The number of hydrogen-bond donors (Lipinski definition) is 1. The highest BCUT2D eigenvalue weighted by Gasteiger charge is 2.19. The number of aromatic carboxylic acids is 1. The third-order valence-electron chi connectivity index (χ3n) is 4.91. The topological polar surface area (TPSA) is 55.8 Å². The number of unbranched alkanes of at least 4 members (excludes halogenated alkanes) is 2. The van der Waals surface area contributed by atoms with Crippen LogP contribution in [0.2, 0.25) is 0 Å². The Morgan fingerprint density at radius 3 is 2.00 bits per heavy atom. The molecule has 0 aliphatic carbocycles. The smallest absolute Gasteiger partial charge is 0.339 e. The Morgan fingerprint density at radius 1 is 0.833 bits per heavy atom. The molecule has 0 amide bonds. The fourth-order valence-electron chi connectivity index (χ4n) is 3.32. The van der Waals surface area contributed by atoms with Gasteiger partial charge in [0.05, 0.1) is 0 Å². The molecule has 0 spiro atoms. The van der Waals surface area contributed by atoms with E-state index in [0.29, 0.717) is 31.1 Å². The molecule has 0 saturated heterocycles. The van der Waals surface area contributed by atoms with E-state index in [9.17, 15) is 9.90 Å². The Balaban J connectivity index is 1.87. The van der Waals surface area contributed by atoms with Crippen LogP contribution in [0.5, 0.6) is 11.5 Å². The van der Waals surface area contributed by atoms with Crippen LogP contribution in [0.3, 0.4) is 0 Å². The maximum absolute atomic E-state index is 12.1. The molecule has 0 atom stereocenters. The highest BCUT2D eigenvalue weighted by atomic mass is 16.5. The maximum atomic E-state index is 12.1. The Bertz CT molecular complexity index is 936. The van der Waals surface area contributed by atoms with Gasteiger partial charge in [0, 0.05) is 6.07 Å². The third-order valence-corrected chi connectivity index (χ3v) is 4.91. The van der Waals surface area contributed by atoms with Crippen molar-refractivity contribution >= 4 is 5.97 Å². The molecule has 30 heavy (non-hydrogen) atoms. The molecule has 0 aromatic heterocycles. The quantitative estimate of drug-likeness (QED) is 0.382. The molecule has 0 heterocycles. The third kappa shape index (κ3) is 6.11. The predicted octanol–water partition coefficient (Wildman–Crippen LogP) is 6.28. The van der Waals surface area contributed by atoms with Gasteiger partial charge in [-0.3, -0.25) is 0 Å². The van der Waals surface area contributed by atoms with Gasteiger partial charge in [-0.05, 0) is 35.6 Å². The fraction of sp³-hybridized carbons (Fsp3) is 0.269. The molecule has 1 N–H and O–H groups in total. The molecular formula is C26H28O4. The van der Waals surface area contributed by atoms with Crippen LogP contribution in [0.15, 0.2) is 72.8 Å². The van der Waals surface area contributed by atoms with E-state index in [1.807, 2.05) is 66.7 Å². The minimum Gasteiger partial charge on any atom is -0.489 e. The Hall–Kier alpha value is -3.27. The second-order valence-electron chi connectivity index (χ2n) is 7.27. The first kappa shape index (κ1) is 21.4. The summed E-state index contributed by atoms with van der Waals surface area (Å²) in [6.07, 6.45) is 3.73. The van der Waals surface area contributed by atoms with Crippen LogP contribution in [0, 0.1) is 0 Å². The summed E-state index contributed by atoms with van der Waals surface area (Å²) < 4.78 is 12.0. The van der Waals surface area contributed by atoms with E-state index in [4.69, 9.17) is 9.47 Å². The average Bonchev–Trinajstić information content (AvgIpc) is 2.77. The highest BCUT2D eigenvalue weighted by Crippen LogP contribution is 2.31. The minimum atomic E-state index is -0.973. The van der Waals surface area contributed by atoms with Gasteiger partial charge in [0.15, 0.2) is 0 Å². The predicted molar refractivity (Wildman–Crippen MR) is 118 cm³/mol. The van der Waals surface area contributed by atoms with E-state index in [-0.39, 0.29) is 5.56 Å². The van der Waals surface area contributed by atoms with Gasteiger partial charge in [-0.25, -0.2) is 4.79 Å². The molecule has 0 fully saturated rings. The first-order chi connectivity index (χ1) is 14.7. The first-order valence-corrected chi connectivity index (χ1v) is 10.4. The van der Waals surface area contributed by atoms with Gasteiger partial charge in [0.1, 0.15) is 30.3 Å². The summed E-state index contributed by atoms with van der Waals surface area (Å²) in [6, 6.07) is 23.2. The normalized spacial score (nSPS) is 10.6. The SMILES string of the molecule is CCCCCc1cc(OCc2ccccc2)cc(OCc2ccccc2)c1C(=O)O. The number of carbonyl (C=O) groups is 1. The second-order valence-corrected chi connectivity index (χ2v) is 7.27. The molecule has 3 aromatic rings. The summed E-state index contributed by atoms with van der Waals surface area (Å²) in [6.45, 7) is 2.85. The van der Waals surface area contributed by atoms with Crippen molar-refractivity contribution < 1.29 is 19.4 Å². The molecule has 3 rings (SSSR count). The lowest BCUT2D eigenvalue weighted by atomic mass is 9.99. The summed E-state index contributed by atoms with van der Waals surface area (Å²) in [7, 11) is 0. The number of ether oxygens (including phenoxy) is 2. The van der Waals surface area contributed by atoms with Crippen molar-refractivity contribution in [2.75, 3.05) is 0 Å². The molecule has 0 unspecified atom stereocenters. The summed E-state index contributed by atoms with van der Waals surface area (Å²) in [5.41, 5.74) is 3.02. The fourth-order valence-corrected chi connectivity index (χ4v) is 3.32. The van der Waals surface area contributed by atoms with Crippen LogP contribution in [-0.4, -0.2) is 11.1 Å². The lowest BCUT2D eigenvalue weighted by Crippen LogP contribution is -2.09. The van der Waals surface area contributed by atoms with E-state index in [1.54, 1.807) is 6.07 Å². The lowest BCUT2D eigenvalue weighted by Gasteiger charge is -2.16. The number of aryl methyl sites for hydroxylation is 1. The van der Waals surface area contributed by atoms with Crippen molar-refractivity contribution in [3.05, 3.63) is 95.1 Å². The number of benzene rings is 3. The Kier molecular flexibility index (Phi) is 7.90. The highest BCUT2D eigenvalue weighted by molar-refractivity contribution is 5.93. The summed E-state index contributed by atoms with van der Waals surface area (Å²) >= 11 is 0. The number of hydrogen-bond acceptors (Lipinski definition) is 3. The first-order valence-electron chi connectivity index (χ1n) is 10.4. The molecule has 0 aliphatic rings. The summed E-state index contributed by atoms with van der Waals surface area (Å²) in [5, 5.41) is 9.88. The van der Waals surface area contributed by atoms with Crippen molar-refractivity contribution in [2.45, 2.75) is 45.8 Å². The lowest BCUT2D eigenvalue weighted by molar-refractivity contribution is 0.0690. The summed E-state index contributed by atoms with van der Waals surface area (Å²) in [5.74, 6) is 0.000922. The molecule has 4 nitrogen and oxygen atoms in total. The molecule has 0 saturated carbocycles. The van der Waals surface area contributed by atoms with Crippen molar-refractivity contribution in [1.29, 1.82) is 0 Å². The Labute approximate surface area is 178 Å². The van der Waals surface area contributed by atoms with E-state index >= 15 is 0 Å². The van der Waals surface area contributed by atoms with Gasteiger partial charge >= 0.3 is 5.97 Å². The van der Waals surface area contributed by atoms with Gasteiger partial charge in [-0.15, -0.1) is 0 Å². The van der Waals surface area contributed by atoms with Gasteiger partial charge in [0.2, 0.25) is 0 Å². The van der Waals surface area contributed by atoms with Crippen LogP contribution in [-0.2, 0) is 19.6 Å². The number of rotatable bonds is 11. The molecule has 0 bridgehead atoms. The van der Waals surface area contributed by atoms with Gasteiger partial charge in [-0.1, -0.05) is 80.4 Å². The van der Waals surface area contributed by atoms with Crippen LogP contribution in [0.4, 0.5) is 0 Å². The monoisotopic (exact) mass is 404 g/mol. The standard InChI is InChI=1S/C26H28O4/c1-2-3-6-15-22-16-23(29-18-20-11-7-4-8-12-20)17-24(25(22)26(27)28)30-19-21-13-9-5-10-14-21/h4-5,7-14,16-17H,2-3,6,15,18-19H2,1H3,(H,27,28). The van der Waals surface area contributed by atoms with Gasteiger partial charge < -0.3 is 14.6 Å². The van der Waals surface area contributed by atoms with Crippen LogP contribution in [0.25, 0.3) is 0 Å². The zero-order valence-electron chi connectivity index (χ0n) is 17.3. The van der Waals surface area contributed by atoms with E-state index < -0.39 is 5.97 Å². The molecular weight excluding hydrogens is 376 g/mol. The zero-order chi connectivity index (χ0) is 21.2. The number of carboxylic acids is 1. The molecule has 0 aliphatic heterocycles. The van der Waals surface area contributed by atoms with Crippen LogP contribution < -0.4 is 9.47 Å². The van der Waals surface area contributed by atoms with Gasteiger partial charge in [0.25, 0.3) is 0 Å². The average molecular weight is 405 g/mol. The van der Waals surface area contributed by atoms with Crippen molar-refractivity contribution in [3.8, 4) is 11.5 Å². The van der Waals surface area contributed by atoms with Crippen molar-refractivity contribution in [2.24, 2.45) is 0 Å². The summed E-state index contributed by atoms with van der Waals surface area (Å²) in [4.78, 5) is 12.1. The van der Waals surface area contributed by atoms with Gasteiger partial charge in [-0.2, -0.15) is 0 Å². The zero-order valence-corrected chi connectivity index (χ0v) is 17.3. The molecule has 0 radical (unpaired) electrons. The van der Waals surface area contributed by atoms with Crippen molar-refractivity contribution in [1.82, 2.24) is 0 Å². The van der Waals surface area contributed by atoms with E-state index in [2.05, 4.69) is 6.92 Å². The van der Waals surface area contributed by atoms with E-state index in [1.165, 1.54) is 0 Å². The second kappa shape index (κ2) is 11.1. The Morgan fingerprint density at radius 2 is 1.43 bits per heavy atom. The number of carboxylic acid groups (broad SMARTS) is 1. The molecule has 4 heteroatoms. The maximum Gasteiger partial charge on any atom is 0.339 e.